The van der Waals surface area contributed by atoms with Crippen LogP contribution in [0.1, 0.15) is 44.5 Å². The standard InChI is InChI=1S/C22H28N2O2S/c1-15(14-20-16(2)23-21-9-7-6-8-19(20)21)24-27(25,26)18-12-10-17(11-13-18)22(3,4)5/h6-13,15,23-24H,14H2,1-5H3. The summed E-state index contributed by atoms with van der Waals surface area (Å²) < 4.78 is 28.3. The summed E-state index contributed by atoms with van der Waals surface area (Å²) in [5, 5.41) is 1.15. The van der Waals surface area contributed by atoms with E-state index in [4.69, 9.17) is 0 Å². The fourth-order valence-electron chi connectivity index (χ4n) is 3.41. The van der Waals surface area contributed by atoms with Gasteiger partial charge in [0.05, 0.1) is 4.90 Å². The Kier molecular flexibility index (Phi) is 5.19. The van der Waals surface area contributed by atoms with Crippen LogP contribution in [0.2, 0.25) is 0 Å². The van der Waals surface area contributed by atoms with E-state index in [1.165, 1.54) is 0 Å². The first-order chi connectivity index (χ1) is 12.6. The van der Waals surface area contributed by atoms with Crippen LogP contribution in [0.25, 0.3) is 10.9 Å². The van der Waals surface area contributed by atoms with Gasteiger partial charge in [0.1, 0.15) is 0 Å². The largest absolute Gasteiger partial charge is 0.358 e. The summed E-state index contributed by atoms with van der Waals surface area (Å²) in [6, 6.07) is 15.1. The molecule has 1 aromatic heterocycles. The Bertz CT molecular complexity index is 1040. The molecule has 0 amide bonds. The Morgan fingerprint density at radius 3 is 2.30 bits per heavy atom. The number of hydrogen-bond donors (Lipinski definition) is 2. The van der Waals surface area contributed by atoms with Gasteiger partial charge in [-0.2, -0.15) is 0 Å². The smallest absolute Gasteiger partial charge is 0.240 e. The zero-order valence-corrected chi connectivity index (χ0v) is 17.4. The number of para-hydroxylation sites is 1. The van der Waals surface area contributed by atoms with Crippen molar-refractivity contribution in [2.24, 2.45) is 0 Å². The van der Waals surface area contributed by atoms with E-state index in [0.717, 1.165) is 27.7 Å². The van der Waals surface area contributed by atoms with E-state index in [1.54, 1.807) is 12.1 Å². The van der Waals surface area contributed by atoms with Crippen molar-refractivity contribution in [2.45, 2.75) is 57.4 Å². The number of aromatic nitrogens is 1. The van der Waals surface area contributed by atoms with E-state index in [9.17, 15) is 8.42 Å². The maximum atomic E-state index is 12.8. The molecule has 3 aromatic rings. The molecular weight excluding hydrogens is 356 g/mol. The number of sulfonamides is 1. The maximum absolute atomic E-state index is 12.8. The average Bonchev–Trinajstić information content (AvgIpc) is 2.89. The van der Waals surface area contributed by atoms with Gasteiger partial charge in [0, 0.05) is 22.6 Å². The Morgan fingerprint density at radius 2 is 1.67 bits per heavy atom. The van der Waals surface area contributed by atoms with Gasteiger partial charge < -0.3 is 4.98 Å². The number of hydrogen-bond acceptors (Lipinski definition) is 2. The first-order valence-corrected chi connectivity index (χ1v) is 10.8. The van der Waals surface area contributed by atoms with Crippen LogP contribution in [-0.2, 0) is 21.9 Å². The second-order valence-corrected chi connectivity index (χ2v) is 9.99. The van der Waals surface area contributed by atoms with E-state index in [2.05, 4.69) is 36.5 Å². The minimum Gasteiger partial charge on any atom is -0.358 e. The SMILES string of the molecule is Cc1[nH]c2ccccc2c1CC(C)NS(=O)(=O)c1ccc(C(C)(C)C)cc1. The number of fused-ring (bicyclic) bond motifs is 1. The minimum atomic E-state index is -3.55. The quantitative estimate of drug-likeness (QED) is 0.671. The van der Waals surface area contributed by atoms with E-state index >= 15 is 0 Å². The molecule has 1 atom stereocenters. The van der Waals surface area contributed by atoms with Crippen molar-refractivity contribution in [2.75, 3.05) is 0 Å². The lowest BCUT2D eigenvalue weighted by atomic mass is 9.87. The molecule has 2 aromatic carbocycles. The summed E-state index contributed by atoms with van der Waals surface area (Å²) in [6.45, 7) is 10.3. The normalized spacial score (nSPS) is 13.8. The third-order valence-electron chi connectivity index (χ3n) is 4.92. The predicted molar refractivity (Wildman–Crippen MR) is 112 cm³/mol. The molecule has 27 heavy (non-hydrogen) atoms. The van der Waals surface area contributed by atoms with Crippen LogP contribution in [0.15, 0.2) is 53.4 Å². The van der Waals surface area contributed by atoms with Gasteiger partial charge in [0.25, 0.3) is 0 Å². The van der Waals surface area contributed by atoms with Crippen molar-refractivity contribution in [1.82, 2.24) is 9.71 Å². The molecular formula is C22H28N2O2S. The highest BCUT2D eigenvalue weighted by atomic mass is 32.2. The van der Waals surface area contributed by atoms with E-state index in [1.807, 2.05) is 44.2 Å². The monoisotopic (exact) mass is 384 g/mol. The number of aromatic amines is 1. The van der Waals surface area contributed by atoms with Gasteiger partial charge in [-0.1, -0.05) is 51.1 Å². The molecule has 144 valence electrons. The average molecular weight is 385 g/mol. The zero-order valence-electron chi connectivity index (χ0n) is 16.6. The molecule has 5 heteroatoms. The summed E-state index contributed by atoms with van der Waals surface area (Å²) >= 11 is 0. The molecule has 4 nitrogen and oxygen atoms in total. The first-order valence-electron chi connectivity index (χ1n) is 9.27. The molecule has 0 spiro atoms. The van der Waals surface area contributed by atoms with Crippen molar-refractivity contribution in [3.63, 3.8) is 0 Å². The van der Waals surface area contributed by atoms with Crippen molar-refractivity contribution >= 4 is 20.9 Å². The number of nitrogens with one attached hydrogen (secondary N) is 2. The molecule has 0 aliphatic carbocycles. The second kappa shape index (κ2) is 7.13. The van der Waals surface area contributed by atoms with Gasteiger partial charge in [0.2, 0.25) is 10.0 Å². The summed E-state index contributed by atoms with van der Waals surface area (Å²) in [5.74, 6) is 0. The van der Waals surface area contributed by atoms with Crippen molar-refractivity contribution in [3.05, 3.63) is 65.4 Å². The minimum absolute atomic E-state index is 0.00409. The predicted octanol–water partition coefficient (Wildman–Crippen LogP) is 4.68. The first kappa shape index (κ1) is 19.6. The molecule has 0 saturated carbocycles. The Hall–Kier alpha value is -2.11. The Balaban J connectivity index is 1.78. The van der Waals surface area contributed by atoms with Gasteiger partial charge >= 0.3 is 0 Å². The molecule has 0 aliphatic heterocycles. The topological polar surface area (TPSA) is 62.0 Å². The van der Waals surface area contributed by atoms with Gasteiger partial charge in [-0.3, -0.25) is 0 Å². The van der Waals surface area contributed by atoms with E-state index in [0.29, 0.717) is 11.3 Å². The number of benzene rings is 2. The fraction of sp³-hybridized carbons (Fsp3) is 0.364. The molecule has 0 bridgehead atoms. The van der Waals surface area contributed by atoms with Crippen LogP contribution in [0.3, 0.4) is 0 Å². The third-order valence-corrected chi connectivity index (χ3v) is 6.53. The summed E-state index contributed by atoms with van der Waals surface area (Å²) in [4.78, 5) is 3.67. The van der Waals surface area contributed by atoms with Crippen LogP contribution in [-0.4, -0.2) is 19.4 Å². The lowest BCUT2D eigenvalue weighted by Gasteiger charge is -2.20. The Labute approximate surface area is 162 Å². The zero-order chi connectivity index (χ0) is 19.8. The van der Waals surface area contributed by atoms with Crippen LogP contribution >= 0.6 is 0 Å². The van der Waals surface area contributed by atoms with Crippen LogP contribution in [0, 0.1) is 6.92 Å². The lowest BCUT2D eigenvalue weighted by Crippen LogP contribution is -2.34. The number of aryl methyl sites for hydroxylation is 1. The van der Waals surface area contributed by atoms with Crippen molar-refractivity contribution < 1.29 is 8.42 Å². The molecule has 1 unspecified atom stereocenters. The maximum Gasteiger partial charge on any atom is 0.240 e. The molecule has 0 fully saturated rings. The van der Waals surface area contributed by atoms with Crippen LogP contribution < -0.4 is 4.72 Å². The summed E-state index contributed by atoms with van der Waals surface area (Å²) in [7, 11) is -3.55. The van der Waals surface area contributed by atoms with Crippen LogP contribution in [0.4, 0.5) is 0 Å². The fourth-order valence-corrected chi connectivity index (χ4v) is 4.66. The van der Waals surface area contributed by atoms with Gasteiger partial charge in [0.15, 0.2) is 0 Å². The Morgan fingerprint density at radius 1 is 1.04 bits per heavy atom. The molecule has 3 rings (SSSR count). The van der Waals surface area contributed by atoms with Gasteiger partial charge in [-0.25, -0.2) is 13.1 Å². The highest BCUT2D eigenvalue weighted by Gasteiger charge is 2.21. The van der Waals surface area contributed by atoms with Gasteiger partial charge in [-0.15, -0.1) is 0 Å². The van der Waals surface area contributed by atoms with Crippen molar-refractivity contribution in [1.29, 1.82) is 0 Å². The number of rotatable bonds is 5. The summed E-state index contributed by atoms with van der Waals surface area (Å²) in [5.41, 5.74) is 4.43. The highest BCUT2D eigenvalue weighted by molar-refractivity contribution is 7.89. The third kappa shape index (κ3) is 4.25. The van der Waals surface area contributed by atoms with Crippen molar-refractivity contribution in [3.8, 4) is 0 Å². The number of H-pyrrole nitrogens is 1. The molecule has 0 radical (unpaired) electrons. The van der Waals surface area contributed by atoms with Crippen LogP contribution in [0.5, 0.6) is 0 Å². The van der Waals surface area contributed by atoms with E-state index in [-0.39, 0.29) is 11.5 Å². The van der Waals surface area contributed by atoms with E-state index < -0.39 is 10.0 Å². The van der Waals surface area contributed by atoms with Gasteiger partial charge in [-0.05, 0) is 55.0 Å². The highest BCUT2D eigenvalue weighted by Crippen LogP contribution is 2.25. The second-order valence-electron chi connectivity index (χ2n) is 8.27. The molecule has 2 N–H and O–H groups in total. The molecule has 0 aliphatic rings. The molecule has 1 heterocycles. The summed E-state index contributed by atoms with van der Waals surface area (Å²) in [6.07, 6.45) is 0.634. The lowest BCUT2D eigenvalue weighted by molar-refractivity contribution is 0.558. The molecule has 0 saturated heterocycles.